The fraction of sp³-hybridized carbons (Fsp3) is 0.444. The molecule has 27 heavy (non-hydrogen) atoms. The van der Waals surface area contributed by atoms with Gasteiger partial charge in [0.1, 0.15) is 11.2 Å². The van der Waals surface area contributed by atoms with Gasteiger partial charge in [-0.3, -0.25) is 10.6 Å². The van der Waals surface area contributed by atoms with Gasteiger partial charge in [-0.1, -0.05) is 18.1 Å². The Bertz CT molecular complexity index is 705. The van der Waals surface area contributed by atoms with Crippen LogP contribution >= 0.6 is 0 Å². The molecule has 1 aromatic carbocycles. The van der Waals surface area contributed by atoms with Crippen LogP contribution < -0.4 is 10.6 Å². The van der Waals surface area contributed by atoms with Crippen LogP contribution in [0.2, 0.25) is 0 Å². The van der Waals surface area contributed by atoms with E-state index in [-0.39, 0.29) is 5.69 Å². The van der Waals surface area contributed by atoms with Gasteiger partial charge in [0.05, 0.1) is 11.4 Å². The average molecular weight is 378 g/mol. The number of hydrogen-bond acceptors (Lipinski definition) is 6. The lowest BCUT2D eigenvalue weighted by Gasteiger charge is -2.22. The maximum Gasteiger partial charge on any atom is 0.480 e. The minimum absolute atomic E-state index is 0.268. The van der Waals surface area contributed by atoms with Gasteiger partial charge in [0.25, 0.3) is 0 Å². The molecule has 0 aliphatic carbocycles. The topological polar surface area (TPSA) is 117 Å². The van der Waals surface area contributed by atoms with E-state index in [0.29, 0.717) is 11.3 Å². The lowest BCUT2D eigenvalue weighted by Crippen LogP contribution is -2.29. The molecular weight excluding hydrogens is 351 g/mol. The van der Waals surface area contributed by atoms with E-state index in [1.54, 1.807) is 59.7 Å². The molecule has 0 heterocycles. The molecule has 0 saturated heterocycles. The molecule has 2 amide bonds. The Balaban J connectivity index is 3.09. The van der Waals surface area contributed by atoms with E-state index in [2.05, 4.69) is 10.6 Å². The summed E-state index contributed by atoms with van der Waals surface area (Å²) in [6, 6.07) is 4.74. The van der Waals surface area contributed by atoms with Crippen LogP contribution in [0.15, 0.2) is 24.2 Å². The molecule has 1 aromatic rings. The third-order valence-corrected chi connectivity index (χ3v) is 2.78. The third kappa shape index (κ3) is 9.67. The van der Waals surface area contributed by atoms with Crippen LogP contribution in [-0.4, -0.2) is 40.6 Å². The van der Waals surface area contributed by atoms with Crippen LogP contribution in [0.4, 0.5) is 21.0 Å². The number of anilines is 2. The molecule has 0 radical (unpaired) electrons. The number of nitrogens with one attached hydrogen (secondary N) is 2. The summed E-state index contributed by atoms with van der Waals surface area (Å²) in [5, 5.41) is 23.0. The van der Waals surface area contributed by atoms with E-state index in [4.69, 9.17) is 19.5 Å². The van der Waals surface area contributed by atoms with Gasteiger partial charge in [-0.2, -0.15) is 0 Å². The predicted molar refractivity (Wildman–Crippen MR) is 105 cm³/mol. The first-order chi connectivity index (χ1) is 12.2. The number of ether oxygens (including phenoxy) is 2. The van der Waals surface area contributed by atoms with Gasteiger partial charge in [0, 0.05) is 0 Å². The van der Waals surface area contributed by atoms with Crippen molar-refractivity contribution in [1.29, 1.82) is 0 Å². The van der Waals surface area contributed by atoms with Crippen molar-refractivity contribution in [3.05, 3.63) is 29.7 Å². The van der Waals surface area contributed by atoms with E-state index >= 15 is 0 Å². The first-order valence-corrected chi connectivity index (χ1v) is 8.43. The van der Waals surface area contributed by atoms with Gasteiger partial charge in [-0.05, 0) is 59.2 Å². The monoisotopic (exact) mass is 378 g/mol. The number of benzene rings is 1. The van der Waals surface area contributed by atoms with Crippen molar-refractivity contribution in [3.8, 4) is 0 Å². The largest absolute Gasteiger partial charge is 0.480 e. The van der Waals surface area contributed by atoms with Crippen molar-refractivity contribution in [2.75, 3.05) is 10.6 Å². The molecule has 4 N–H and O–H groups in total. The van der Waals surface area contributed by atoms with Crippen molar-refractivity contribution in [3.63, 3.8) is 0 Å². The fourth-order valence-electron chi connectivity index (χ4n) is 1.90. The van der Waals surface area contributed by atoms with Crippen LogP contribution in [0, 0.1) is 0 Å². The highest BCUT2D eigenvalue weighted by molar-refractivity contribution is 6.48. The predicted octanol–water partition coefficient (Wildman–Crippen LogP) is 3.41. The lowest BCUT2D eigenvalue weighted by molar-refractivity contribution is 0.0621. The number of carbonyl (C=O) groups excluding carboxylic acids is 2. The Morgan fingerprint density at radius 2 is 1.41 bits per heavy atom. The van der Waals surface area contributed by atoms with Crippen LogP contribution in [0.5, 0.6) is 0 Å². The molecular formula is C18H27BN2O6. The van der Waals surface area contributed by atoms with Crippen LogP contribution in [-0.2, 0) is 9.47 Å². The van der Waals surface area contributed by atoms with Crippen molar-refractivity contribution in [2.45, 2.75) is 52.7 Å². The van der Waals surface area contributed by atoms with E-state index in [9.17, 15) is 9.59 Å². The second kappa shape index (κ2) is 8.92. The Morgan fingerprint density at radius 3 is 1.85 bits per heavy atom. The molecule has 9 heteroatoms. The molecule has 0 aliphatic rings. The molecule has 0 atom stereocenters. The fourth-order valence-corrected chi connectivity index (χ4v) is 1.90. The van der Waals surface area contributed by atoms with Crippen LogP contribution in [0.3, 0.4) is 0 Å². The minimum atomic E-state index is -1.60. The second-order valence-corrected chi connectivity index (χ2v) is 7.83. The molecule has 148 valence electrons. The third-order valence-electron chi connectivity index (χ3n) is 2.78. The summed E-state index contributed by atoms with van der Waals surface area (Å²) in [6.07, 6.45) is 0.0872. The zero-order valence-electron chi connectivity index (χ0n) is 16.5. The first-order valence-electron chi connectivity index (χ1n) is 8.43. The Labute approximate surface area is 159 Å². The highest BCUT2D eigenvalue weighted by Crippen LogP contribution is 2.26. The van der Waals surface area contributed by atoms with Gasteiger partial charge < -0.3 is 19.5 Å². The van der Waals surface area contributed by atoms with Crippen molar-refractivity contribution >= 4 is 36.8 Å². The normalized spacial score (nSPS) is 11.9. The van der Waals surface area contributed by atoms with Gasteiger partial charge in [-0.25, -0.2) is 9.59 Å². The summed E-state index contributed by atoms with van der Waals surface area (Å²) >= 11 is 0. The zero-order chi connectivity index (χ0) is 20.8. The van der Waals surface area contributed by atoms with E-state index in [1.807, 2.05) is 0 Å². The summed E-state index contributed by atoms with van der Waals surface area (Å²) in [6.45, 7) is 10.4. The molecule has 0 saturated carbocycles. The number of amides is 2. The van der Waals surface area contributed by atoms with Crippen molar-refractivity contribution in [2.24, 2.45) is 0 Å². The first kappa shape index (κ1) is 22.5. The van der Waals surface area contributed by atoms with E-state index < -0.39 is 30.5 Å². The highest BCUT2D eigenvalue weighted by Gasteiger charge is 2.20. The highest BCUT2D eigenvalue weighted by atomic mass is 16.6. The van der Waals surface area contributed by atoms with Crippen LogP contribution in [0.25, 0.3) is 6.08 Å². The summed E-state index contributed by atoms with van der Waals surface area (Å²) in [5.41, 5.74) is -0.227. The summed E-state index contributed by atoms with van der Waals surface area (Å²) in [5.74, 6) is 1.16. The Morgan fingerprint density at radius 1 is 0.926 bits per heavy atom. The summed E-state index contributed by atoms with van der Waals surface area (Å²) < 4.78 is 10.4. The minimum Gasteiger partial charge on any atom is -0.444 e. The molecule has 0 aromatic heterocycles. The Kier molecular flexibility index (Phi) is 7.44. The standard InChI is InChI=1S/C18H27BN2O6/c1-17(2,3)26-15(22)20-13-8-7-12(9-10-19(24)25)11-14(13)21-16(23)27-18(4,5)6/h7-11,24-25H,1-6H3,(H,20,22)(H,21,23)/b10-9+. The smallest absolute Gasteiger partial charge is 0.444 e. The average Bonchev–Trinajstić information content (AvgIpc) is 2.43. The molecule has 0 fully saturated rings. The van der Waals surface area contributed by atoms with Crippen molar-refractivity contribution in [1.82, 2.24) is 0 Å². The molecule has 0 aliphatic heterocycles. The molecule has 0 bridgehead atoms. The van der Waals surface area contributed by atoms with E-state index in [0.717, 1.165) is 5.98 Å². The SMILES string of the molecule is CC(C)(C)OC(=O)Nc1ccc(/C=C/B(O)O)cc1NC(=O)OC(C)(C)C. The molecule has 8 nitrogen and oxygen atoms in total. The maximum atomic E-state index is 12.1. The Hall–Kier alpha value is -2.52. The zero-order valence-corrected chi connectivity index (χ0v) is 16.5. The number of carbonyl (C=O) groups is 2. The van der Waals surface area contributed by atoms with Gasteiger partial charge in [0.2, 0.25) is 0 Å². The number of rotatable bonds is 4. The quantitative estimate of drug-likeness (QED) is 0.597. The van der Waals surface area contributed by atoms with Crippen molar-refractivity contribution < 1.29 is 29.1 Å². The molecule has 0 spiro atoms. The van der Waals surface area contributed by atoms with Gasteiger partial charge in [-0.15, -0.1) is 0 Å². The maximum absolute atomic E-state index is 12.1. The van der Waals surface area contributed by atoms with Crippen LogP contribution in [0.1, 0.15) is 47.1 Å². The van der Waals surface area contributed by atoms with Gasteiger partial charge in [0.15, 0.2) is 0 Å². The van der Waals surface area contributed by atoms with E-state index in [1.165, 1.54) is 6.08 Å². The summed E-state index contributed by atoms with van der Waals surface area (Å²) in [4.78, 5) is 24.1. The number of hydrogen-bond donors (Lipinski definition) is 4. The van der Waals surface area contributed by atoms with Gasteiger partial charge >= 0.3 is 19.3 Å². The second-order valence-electron chi connectivity index (χ2n) is 7.83. The molecule has 0 unspecified atom stereocenters. The summed E-state index contributed by atoms with van der Waals surface area (Å²) in [7, 11) is -1.60. The lowest BCUT2D eigenvalue weighted by atomic mass is 9.90. The molecule has 1 rings (SSSR count).